The highest BCUT2D eigenvalue weighted by atomic mass is 35.5. The largest absolute Gasteiger partial charge is 0.481 e. The number of amides is 2. The Kier molecular flexibility index (Phi) is 11.0. The van der Waals surface area contributed by atoms with Crippen molar-refractivity contribution in [3.63, 3.8) is 0 Å². The fourth-order valence-electron chi connectivity index (χ4n) is 14.5. The van der Waals surface area contributed by atoms with E-state index in [4.69, 9.17) is 11.6 Å². The number of carbonyl (C=O) groups excluding carboxylic acids is 4. The summed E-state index contributed by atoms with van der Waals surface area (Å²) in [7, 11) is 0. The molecule has 0 saturated heterocycles. The number of aliphatic carboxylic acids is 1. The number of hydrogen-bond donors (Lipinski definition) is 3. The molecule has 11 atom stereocenters. The third-order valence-corrected chi connectivity index (χ3v) is 17.5. The molecule has 0 radical (unpaired) electrons. The molecule has 7 rings (SSSR count). The van der Waals surface area contributed by atoms with E-state index in [0.717, 1.165) is 56.9 Å². The van der Waals surface area contributed by atoms with Gasteiger partial charge in [-0.3, -0.25) is 24.0 Å². The minimum atomic E-state index is -0.772. The Morgan fingerprint density at radius 3 is 2.20 bits per heavy atom. The number of Topliss-reactive ketones (excluding diaryl/α,β-unsaturated/α-hetero) is 2. The topological polar surface area (TPSA) is 130 Å². The molecule has 2 amide bonds. The van der Waals surface area contributed by atoms with Gasteiger partial charge in [-0.15, -0.1) is 0 Å². The van der Waals surface area contributed by atoms with E-state index in [1.807, 2.05) is 6.92 Å². The lowest BCUT2D eigenvalue weighted by molar-refractivity contribution is -0.193. The number of carboxylic acid groups (broad SMARTS) is 1. The third kappa shape index (κ3) is 6.79. The Bertz CT molecular complexity index is 1800. The number of hydrogen-bond acceptors (Lipinski definition) is 5. The number of halogens is 1. The zero-order valence-electron chi connectivity index (χ0n) is 34.8. The summed E-state index contributed by atoms with van der Waals surface area (Å²) in [5.41, 5.74) is 2.70. The maximum Gasteiger partial charge on any atom is 0.306 e. The van der Waals surface area contributed by atoms with Crippen LogP contribution in [0, 0.1) is 74.9 Å². The van der Waals surface area contributed by atoms with Gasteiger partial charge in [0.25, 0.3) is 5.91 Å². The zero-order valence-corrected chi connectivity index (χ0v) is 35.5. The second kappa shape index (κ2) is 15.0. The molecule has 6 aliphatic carbocycles. The van der Waals surface area contributed by atoms with E-state index >= 15 is 0 Å². The summed E-state index contributed by atoms with van der Waals surface area (Å²) in [5.74, 6) is 1.17. The van der Waals surface area contributed by atoms with E-state index in [1.165, 1.54) is 5.57 Å². The number of rotatable bonds is 11. The lowest BCUT2D eigenvalue weighted by atomic mass is 9.35. The van der Waals surface area contributed by atoms with Crippen molar-refractivity contribution >= 4 is 41.0 Å². The van der Waals surface area contributed by atoms with E-state index < -0.39 is 11.4 Å². The summed E-state index contributed by atoms with van der Waals surface area (Å²) in [6.45, 7) is 16.8. The van der Waals surface area contributed by atoms with Gasteiger partial charge in [-0.05, 0) is 145 Å². The van der Waals surface area contributed by atoms with E-state index in [0.29, 0.717) is 78.9 Å². The summed E-state index contributed by atoms with van der Waals surface area (Å²) in [4.78, 5) is 65.4. The molecule has 1 aromatic carbocycles. The molecule has 56 heavy (non-hydrogen) atoms. The highest BCUT2D eigenvalue weighted by Crippen LogP contribution is 2.74. The number of nitrogens with one attached hydrogen (secondary N) is 2. The first-order valence-electron chi connectivity index (χ1n) is 21.7. The van der Waals surface area contributed by atoms with Crippen LogP contribution < -0.4 is 10.6 Å². The van der Waals surface area contributed by atoms with Crippen LogP contribution in [-0.4, -0.2) is 47.5 Å². The van der Waals surface area contributed by atoms with Crippen LogP contribution in [0.2, 0.25) is 5.02 Å². The number of benzene rings is 1. The minimum Gasteiger partial charge on any atom is -0.481 e. The van der Waals surface area contributed by atoms with Crippen molar-refractivity contribution < 1.29 is 29.1 Å². The van der Waals surface area contributed by atoms with Gasteiger partial charge in [0.05, 0.1) is 5.92 Å². The Labute approximate surface area is 339 Å². The number of carbonyl (C=O) groups is 5. The first-order valence-corrected chi connectivity index (χ1v) is 22.1. The summed E-state index contributed by atoms with van der Waals surface area (Å²) < 4.78 is 0. The first kappa shape index (κ1) is 41.2. The maximum atomic E-state index is 13.9. The molecule has 5 saturated carbocycles. The Balaban J connectivity index is 1.04. The van der Waals surface area contributed by atoms with Crippen molar-refractivity contribution in [3.05, 3.63) is 46.0 Å². The fourth-order valence-corrected chi connectivity index (χ4v) is 14.6. The van der Waals surface area contributed by atoms with Crippen molar-refractivity contribution in [1.82, 2.24) is 10.6 Å². The molecule has 0 aromatic heterocycles. The molecular weight excluding hydrogens is 724 g/mol. The Morgan fingerprint density at radius 1 is 0.857 bits per heavy atom. The van der Waals surface area contributed by atoms with Gasteiger partial charge in [0, 0.05) is 54.3 Å². The molecule has 1 aromatic rings. The molecule has 5 fully saturated rings. The van der Waals surface area contributed by atoms with Gasteiger partial charge >= 0.3 is 5.97 Å². The number of carboxylic acids is 1. The number of fused-ring (bicyclic) bond motifs is 7. The highest BCUT2D eigenvalue weighted by molar-refractivity contribution is 6.30. The molecule has 0 heterocycles. The molecule has 0 bridgehead atoms. The van der Waals surface area contributed by atoms with E-state index in [9.17, 15) is 29.1 Å². The van der Waals surface area contributed by atoms with Gasteiger partial charge < -0.3 is 15.7 Å². The summed E-state index contributed by atoms with van der Waals surface area (Å²) in [5, 5.41) is 16.0. The molecule has 306 valence electrons. The average Bonchev–Trinajstić information content (AvgIpc) is 3.42. The van der Waals surface area contributed by atoms with Crippen molar-refractivity contribution in [2.75, 3.05) is 13.1 Å². The van der Waals surface area contributed by atoms with Crippen molar-refractivity contribution in [3.8, 4) is 0 Å². The van der Waals surface area contributed by atoms with Crippen LogP contribution in [0.1, 0.15) is 136 Å². The van der Waals surface area contributed by atoms with E-state index in [1.54, 1.807) is 24.3 Å². The smallest absolute Gasteiger partial charge is 0.306 e. The average molecular weight is 789 g/mol. The van der Waals surface area contributed by atoms with Gasteiger partial charge in [0.2, 0.25) is 5.91 Å². The van der Waals surface area contributed by atoms with Crippen LogP contribution in [0.15, 0.2) is 35.4 Å². The molecular formula is C47H65ClN2O6. The van der Waals surface area contributed by atoms with Crippen LogP contribution in [0.25, 0.3) is 0 Å². The standard InChI is InChI=1S/C47H65ClN2O6/c1-26(2)40-36(52)24-47(25-39(53)49-20-21-50-42(54)28-8-10-30(48)11-9-28)19-15-34-31(41(40)47)12-13-38-45(34,6)18-16-37-44(4,5)29(14-17-46(37,38)7)22-35(51)32-23-33(27(32)3)43(55)56/h8-11,26-27,29,31-34,37-38H,12-25H2,1-7H3,(H,49,53)(H,50,54)(H,55,56). The van der Waals surface area contributed by atoms with Crippen LogP contribution in [0.4, 0.5) is 0 Å². The molecule has 11 unspecified atom stereocenters. The van der Waals surface area contributed by atoms with Crippen LogP contribution >= 0.6 is 11.6 Å². The lowest BCUT2D eigenvalue weighted by Crippen LogP contribution is -2.62. The number of allylic oxidation sites excluding steroid dienone is 2. The maximum absolute atomic E-state index is 13.9. The predicted molar refractivity (Wildman–Crippen MR) is 218 cm³/mol. The van der Waals surface area contributed by atoms with Crippen molar-refractivity contribution in [1.29, 1.82) is 0 Å². The predicted octanol–water partition coefficient (Wildman–Crippen LogP) is 9.10. The molecule has 8 nitrogen and oxygen atoms in total. The second-order valence-corrected chi connectivity index (χ2v) is 20.9. The van der Waals surface area contributed by atoms with Crippen LogP contribution in [0.3, 0.4) is 0 Å². The molecule has 6 aliphatic rings. The van der Waals surface area contributed by atoms with Crippen LogP contribution in [0.5, 0.6) is 0 Å². The lowest BCUT2D eigenvalue weighted by Gasteiger charge is -2.69. The van der Waals surface area contributed by atoms with Gasteiger partial charge in [-0.25, -0.2) is 0 Å². The normalized spacial score (nSPS) is 38.4. The molecule has 9 heteroatoms. The van der Waals surface area contributed by atoms with Crippen LogP contribution in [-0.2, 0) is 19.2 Å². The summed E-state index contributed by atoms with van der Waals surface area (Å²) >= 11 is 5.96. The molecule has 3 N–H and O–H groups in total. The number of ketones is 2. The van der Waals surface area contributed by atoms with Gasteiger partial charge in [0.15, 0.2) is 5.78 Å². The Morgan fingerprint density at radius 2 is 1.54 bits per heavy atom. The molecule has 0 spiro atoms. The summed E-state index contributed by atoms with van der Waals surface area (Å²) in [6.07, 6.45) is 10.3. The SMILES string of the molecule is CC(C)C1=C2C3CCC4C(C)(CCC5C(C)(C)C(CC(=O)C6CC(C(=O)O)C6C)CCC54C)C3CCC2(CC(=O)NCCNC(=O)c2ccc(Cl)cc2)CC1=O. The summed E-state index contributed by atoms with van der Waals surface area (Å²) in [6, 6.07) is 6.72. The second-order valence-electron chi connectivity index (χ2n) is 20.5. The van der Waals surface area contributed by atoms with Gasteiger partial charge in [-0.1, -0.05) is 65.6 Å². The minimum absolute atomic E-state index is 0.0129. The molecule has 0 aliphatic heterocycles. The van der Waals surface area contributed by atoms with Gasteiger partial charge in [-0.2, -0.15) is 0 Å². The van der Waals surface area contributed by atoms with E-state index in [2.05, 4.69) is 52.2 Å². The highest BCUT2D eigenvalue weighted by Gasteiger charge is 2.66. The monoisotopic (exact) mass is 788 g/mol. The van der Waals surface area contributed by atoms with E-state index in [-0.39, 0.29) is 63.3 Å². The zero-order chi connectivity index (χ0) is 40.5. The van der Waals surface area contributed by atoms with Gasteiger partial charge in [0.1, 0.15) is 5.78 Å². The first-order chi connectivity index (χ1) is 26.3. The fraction of sp³-hybridized carbons (Fsp3) is 0.723. The van der Waals surface area contributed by atoms with Crippen molar-refractivity contribution in [2.24, 2.45) is 74.9 Å². The third-order valence-electron chi connectivity index (χ3n) is 17.3. The van der Waals surface area contributed by atoms with Crippen molar-refractivity contribution in [2.45, 2.75) is 126 Å². The quantitative estimate of drug-likeness (QED) is 0.192. The Hall–Kier alpha value is -3.00.